The summed E-state index contributed by atoms with van der Waals surface area (Å²) in [6.07, 6.45) is 4.99. The lowest BCUT2D eigenvalue weighted by Crippen LogP contribution is -2.30. The van der Waals surface area contributed by atoms with Crippen molar-refractivity contribution in [3.63, 3.8) is 0 Å². The maximum Gasteiger partial charge on any atom is 0.131 e. The molecule has 0 fully saturated rings. The molecule has 1 aromatic heterocycles. The summed E-state index contributed by atoms with van der Waals surface area (Å²) in [5, 5.41) is 9.08. The standard InChI is InChI=1S/C14H20N2O2/c1-11-7-13(9-17)8-15-14(11)16-5-3-12(4-6-16)10-18-2/h3,7-8,17H,4-6,9-10H2,1-2H3. The van der Waals surface area contributed by atoms with E-state index in [1.165, 1.54) is 5.57 Å². The van der Waals surface area contributed by atoms with Gasteiger partial charge >= 0.3 is 0 Å². The molecule has 0 spiro atoms. The minimum absolute atomic E-state index is 0.0476. The second kappa shape index (κ2) is 5.98. The van der Waals surface area contributed by atoms with E-state index in [1.54, 1.807) is 13.3 Å². The summed E-state index contributed by atoms with van der Waals surface area (Å²) in [5.74, 6) is 1.01. The summed E-state index contributed by atoms with van der Waals surface area (Å²) < 4.78 is 5.15. The van der Waals surface area contributed by atoms with Crippen LogP contribution in [0.5, 0.6) is 0 Å². The predicted molar refractivity (Wildman–Crippen MR) is 71.7 cm³/mol. The van der Waals surface area contributed by atoms with E-state index in [-0.39, 0.29) is 6.61 Å². The van der Waals surface area contributed by atoms with Crippen LogP contribution in [0.25, 0.3) is 0 Å². The fraction of sp³-hybridized carbons (Fsp3) is 0.500. The number of aliphatic hydroxyl groups is 1. The molecule has 0 radical (unpaired) electrons. The van der Waals surface area contributed by atoms with Crippen molar-refractivity contribution in [3.05, 3.63) is 35.0 Å². The number of hydrogen-bond acceptors (Lipinski definition) is 4. The van der Waals surface area contributed by atoms with Gasteiger partial charge in [-0.2, -0.15) is 0 Å². The van der Waals surface area contributed by atoms with Gasteiger partial charge in [-0.3, -0.25) is 0 Å². The maximum absolute atomic E-state index is 9.08. The molecule has 0 bridgehead atoms. The molecule has 18 heavy (non-hydrogen) atoms. The van der Waals surface area contributed by atoms with E-state index < -0.39 is 0 Å². The van der Waals surface area contributed by atoms with Crippen LogP contribution in [0.2, 0.25) is 0 Å². The fourth-order valence-corrected chi connectivity index (χ4v) is 2.26. The number of nitrogens with zero attached hydrogens (tertiary/aromatic N) is 2. The molecule has 2 heterocycles. The van der Waals surface area contributed by atoms with Gasteiger partial charge in [0.15, 0.2) is 0 Å². The molecule has 1 aliphatic heterocycles. The van der Waals surface area contributed by atoms with Crippen LogP contribution in [0, 0.1) is 6.92 Å². The number of methoxy groups -OCH3 is 1. The Morgan fingerprint density at radius 3 is 2.89 bits per heavy atom. The first kappa shape index (κ1) is 13.1. The average Bonchev–Trinajstić information content (AvgIpc) is 2.40. The Hall–Kier alpha value is -1.39. The fourth-order valence-electron chi connectivity index (χ4n) is 2.26. The van der Waals surface area contributed by atoms with Gasteiger partial charge in [-0.25, -0.2) is 4.98 Å². The molecule has 4 heteroatoms. The highest BCUT2D eigenvalue weighted by molar-refractivity contribution is 5.49. The van der Waals surface area contributed by atoms with Crippen LogP contribution in [0.3, 0.4) is 0 Å². The van der Waals surface area contributed by atoms with Crippen molar-refractivity contribution in [1.82, 2.24) is 4.98 Å². The number of hydrogen-bond donors (Lipinski definition) is 1. The molecule has 1 N–H and O–H groups in total. The highest BCUT2D eigenvalue weighted by atomic mass is 16.5. The molecule has 2 rings (SSSR count). The van der Waals surface area contributed by atoms with Gasteiger partial charge in [-0.15, -0.1) is 0 Å². The van der Waals surface area contributed by atoms with Crippen LogP contribution in [0.4, 0.5) is 5.82 Å². The lowest BCUT2D eigenvalue weighted by atomic mass is 10.1. The maximum atomic E-state index is 9.08. The van der Waals surface area contributed by atoms with Crippen LogP contribution in [0.1, 0.15) is 17.5 Å². The first-order chi connectivity index (χ1) is 8.74. The van der Waals surface area contributed by atoms with E-state index in [0.29, 0.717) is 0 Å². The Morgan fingerprint density at radius 1 is 1.50 bits per heavy atom. The Kier molecular flexibility index (Phi) is 4.33. The predicted octanol–water partition coefficient (Wildman–Crippen LogP) is 1.67. The highest BCUT2D eigenvalue weighted by Gasteiger charge is 2.15. The lowest BCUT2D eigenvalue weighted by Gasteiger charge is -2.28. The van der Waals surface area contributed by atoms with Gasteiger partial charge in [0.1, 0.15) is 5.82 Å². The van der Waals surface area contributed by atoms with Crippen LogP contribution in [-0.2, 0) is 11.3 Å². The summed E-state index contributed by atoms with van der Waals surface area (Å²) in [5.41, 5.74) is 3.34. The normalized spacial score (nSPS) is 15.7. The van der Waals surface area contributed by atoms with Crippen molar-refractivity contribution in [2.45, 2.75) is 20.0 Å². The monoisotopic (exact) mass is 248 g/mol. The van der Waals surface area contributed by atoms with Gasteiger partial charge in [0, 0.05) is 26.4 Å². The molecular weight excluding hydrogens is 228 g/mol. The topological polar surface area (TPSA) is 45.6 Å². The van der Waals surface area contributed by atoms with Gasteiger partial charge < -0.3 is 14.7 Å². The molecule has 1 aliphatic rings. The molecule has 0 saturated carbocycles. The number of pyridine rings is 1. The number of aromatic nitrogens is 1. The Labute approximate surface area is 108 Å². The van der Waals surface area contributed by atoms with E-state index >= 15 is 0 Å². The van der Waals surface area contributed by atoms with Crippen molar-refractivity contribution >= 4 is 5.82 Å². The Balaban J connectivity index is 2.10. The van der Waals surface area contributed by atoms with Crippen LogP contribution < -0.4 is 4.90 Å². The minimum atomic E-state index is 0.0476. The van der Waals surface area contributed by atoms with Crippen LogP contribution in [-0.4, -0.2) is 36.9 Å². The van der Waals surface area contributed by atoms with Crippen LogP contribution >= 0.6 is 0 Å². The molecule has 0 saturated heterocycles. The average molecular weight is 248 g/mol. The van der Waals surface area contributed by atoms with E-state index in [4.69, 9.17) is 9.84 Å². The third-order valence-corrected chi connectivity index (χ3v) is 3.22. The molecule has 0 aromatic carbocycles. The van der Waals surface area contributed by atoms with Crippen LogP contribution in [0.15, 0.2) is 23.9 Å². The zero-order valence-electron chi connectivity index (χ0n) is 11.0. The highest BCUT2D eigenvalue weighted by Crippen LogP contribution is 2.22. The first-order valence-corrected chi connectivity index (χ1v) is 6.22. The number of aliphatic hydroxyl groups excluding tert-OH is 1. The molecule has 98 valence electrons. The third kappa shape index (κ3) is 2.89. The van der Waals surface area contributed by atoms with Gasteiger partial charge in [0.25, 0.3) is 0 Å². The largest absolute Gasteiger partial charge is 0.392 e. The summed E-state index contributed by atoms with van der Waals surface area (Å²) in [6.45, 7) is 4.66. The summed E-state index contributed by atoms with van der Waals surface area (Å²) >= 11 is 0. The summed E-state index contributed by atoms with van der Waals surface area (Å²) in [7, 11) is 1.73. The molecule has 4 nitrogen and oxygen atoms in total. The molecule has 0 amide bonds. The van der Waals surface area contributed by atoms with Gasteiger partial charge in [-0.1, -0.05) is 6.08 Å². The zero-order valence-corrected chi connectivity index (χ0v) is 11.0. The van der Waals surface area contributed by atoms with Gasteiger partial charge in [0.05, 0.1) is 13.2 Å². The smallest absolute Gasteiger partial charge is 0.131 e. The van der Waals surface area contributed by atoms with Gasteiger partial charge in [0.2, 0.25) is 0 Å². The molecule has 0 unspecified atom stereocenters. The van der Waals surface area contributed by atoms with Crippen molar-refractivity contribution in [1.29, 1.82) is 0 Å². The quantitative estimate of drug-likeness (QED) is 0.823. The number of aryl methyl sites for hydroxylation is 1. The number of ether oxygens (including phenoxy) is 1. The van der Waals surface area contributed by atoms with E-state index in [2.05, 4.69) is 16.0 Å². The first-order valence-electron chi connectivity index (χ1n) is 6.22. The summed E-state index contributed by atoms with van der Waals surface area (Å²) in [6, 6.07) is 2.00. The second-order valence-corrected chi connectivity index (χ2v) is 4.63. The molecular formula is C14H20N2O2. The summed E-state index contributed by atoms with van der Waals surface area (Å²) in [4.78, 5) is 6.71. The molecule has 0 atom stereocenters. The van der Waals surface area contributed by atoms with Crippen molar-refractivity contribution < 1.29 is 9.84 Å². The van der Waals surface area contributed by atoms with E-state index in [1.807, 2.05) is 13.0 Å². The minimum Gasteiger partial charge on any atom is -0.392 e. The molecule has 0 aliphatic carbocycles. The van der Waals surface area contributed by atoms with E-state index in [9.17, 15) is 0 Å². The Bertz CT molecular complexity index is 443. The van der Waals surface area contributed by atoms with Crippen molar-refractivity contribution in [2.24, 2.45) is 0 Å². The second-order valence-electron chi connectivity index (χ2n) is 4.63. The third-order valence-electron chi connectivity index (χ3n) is 3.22. The lowest BCUT2D eigenvalue weighted by molar-refractivity contribution is 0.222. The van der Waals surface area contributed by atoms with E-state index in [0.717, 1.165) is 43.1 Å². The number of anilines is 1. The number of rotatable bonds is 4. The van der Waals surface area contributed by atoms with Gasteiger partial charge in [-0.05, 0) is 36.1 Å². The van der Waals surface area contributed by atoms with Crippen molar-refractivity contribution in [3.8, 4) is 0 Å². The Morgan fingerprint density at radius 2 is 2.33 bits per heavy atom. The zero-order chi connectivity index (χ0) is 13.0. The molecule has 1 aromatic rings. The van der Waals surface area contributed by atoms with Crippen molar-refractivity contribution in [2.75, 3.05) is 31.7 Å². The SMILES string of the molecule is COCC1=CCN(c2ncc(CO)cc2C)CC1.